The van der Waals surface area contributed by atoms with E-state index >= 15 is 0 Å². The molecule has 2 heterocycles. The first-order valence-electron chi connectivity index (χ1n) is 12.3. The second kappa shape index (κ2) is 11.8. The number of esters is 1. The summed E-state index contributed by atoms with van der Waals surface area (Å²) in [5, 5.41) is 0.522. The third kappa shape index (κ3) is 5.47. The van der Waals surface area contributed by atoms with Gasteiger partial charge in [-0.2, -0.15) is 0 Å². The first-order chi connectivity index (χ1) is 19.3. The first kappa shape index (κ1) is 27.8. The maximum absolute atomic E-state index is 13.8. The van der Waals surface area contributed by atoms with Gasteiger partial charge in [0.2, 0.25) is 0 Å². The van der Waals surface area contributed by atoms with Crippen molar-refractivity contribution in [1.29, 1.82) is 0 Å². The van der Waals surface area contributed by atoms with Crippen LogP contribution in [0.15, 0.2) is 87.8 Å². The summed E-state index contributed by atoms with van der Waals surface area (Å²) >= 11 is 14.2. The van der Waals surface area contributed by atoms with Gasteiger partial charge in [0.25, 0.3) is 5.56 Å². The highest BCUT2D eigenvalue weighted by atomic mass is 35.5. The molecule has 1 aliphatic rings. The number of methoxy groups -OCH3 is 1. The normalized spacial score (nSPS) is 15.0. The number of aromatic nitrogens is 1. The Morgan fingerprint density at radius 1 is 1.10 bits per heavy atom. The number of fused-ring (bicyclic) bond motifs is 1. The van der Waals surface area contributed by atoms with Gasteiger partial charge in [-0.25, -0.2) is 14.2 Å². The number of carbonyl (C=O) groups excluding carboxylic acids is 1. The van der Waals surface area contributed by atoms with E-state index in [0.717, 1.165) is 11.1 Å². The Bertz CT molecular complexity index is 1780. The average molecular weight is 597 g/mol. The molecular weight excluding hydrogens is 574 g/mol. The lowest BCUT2D eigenvalue weighted by molar-refractivity contribution is -0.136. The number of carbonyl (C=O) groups is 1. The molecule has 10 heteroatoms. The molecule has 0 radical (unpaired) electrons. The van der Waals surface area contributed by atoms with Crippen LogP contribution >= 0.6 is 34.5 Å². The topological polar surface area (TPSA) is 69.9 Å². The van der Waals surface area contributed by atoms with Gasteiger partial charge in [0, 0.05) is 0 Å². The van der Waals surface area contributed by atoms with Crippen LogP contribution in [0.4, 0.5) is 4.39 Å². The molecule has 1 aromatic heterocycles. The van der Waals surface area contributed by atoms with E-state index in [1.54, 1.807) is 30.3 Å². The molecule has 0 unspecified atom stereocenters. The molecule has 0 N–H and O–H groups in total. The Hall–Kier alpha value is -3.72. The summed E-state index contributed by atoms with van der Waals surface area (Å²) in [5.74, 6) is -0.582. The lowest BCUT2D eigenvalue weighted by Crippen LogP contribution is -2.40. The van der Waals surface area contributed by atoms with E-state index in [1.807, 2.05) is 37.3 Å². The number of ether oxygens (including phenoxy) is 2. The van der Waals surface area contributed by atoms with Gasteiger partial charge in [-0.05, 0) is 53.5 Å². The van der Waals surface area contributed by atoms with E-state index in [-0.39, 0.29) is 33.8 Å². The van der Waals surface area contributed by atoms with Gasteiger partial charge in [-0.15, -0.1) is 0 Å². The van der Waals surface area contributed by atoms with Crippen LogP contribution in [0.25, 0.3) is 6.08 Å². The van der Waals surface area contributed by atoms with E-state index in [9.17, 15) is 14.0 Å². The predicted molar refractivity (Wildman–Crippen MR) is 154 cm³/mol. The molecule has 4 aromatic rings. The minimum Gasteiger partial charge on any atom is -0.486 e. The summed E-state index contributed by atoms with van der Waals surface area (Å²) < 4.78 is 26.0. The second-order valence-electron chi connectivity index (χ2n) is 8.93. The molecule has 0 saturated heterocycles. The van der Waals surface area contributed by atoms with Gasteiger partial charge in [0.1, 0.15) is 12.4 Å². The molecule has 0 spiro atoms. The Labute approximate surface area is 243 Å². The van der Waals surface area contributed by atoms with Gasteiger partial charge in [0.15, 0.2) is 10.6 Å². The number of benzene rings is 3. The molecule has 1 atom stereocenters. The fourth-order valence-electron chi connectivity index (χ4n) is 4.50. The number of nitrogens with zero attached hydrogens (tertiary/aromatic N) is 2. The molecule has 0 aliphatic carbocycles. The zero-order chi connectivity index (χ0) is 28.4. The number of allylic oxidation sites excluding steroid dienone is 1. The highest BCUT2D eigenvalue weighted by molar-refractivity contribution is 7.07. The van der Waals surface area contributed by atoms with E-state index in [4.69, 9.17) is 32.7 Å². The van der Waals surface area contributed by atoms with Crippen molar-refractivity contribution in [2.75, 3.05) is 7.11 Å². The average Bonchev–Trinajstić information content (AvgIpc) is 3.26. The Morgan fingerprint density at radius 3 is 2.40 bits per heavy atom. The van der Waals surface area contributed by atoms with Crippen LogP contribution in [-0.2, 0) is 16.1 Å². The minimum absolute atomic E-state index is 0.152. The summed E-state index contributed by atoms with van der Waals surface area (Å²) in [4.78, 5) is 31.8. The summed E-state index contributed by atoms with van der Waals surface area (Å²) in [6.45, 7) is 2.06. The number of halogens is 3. The van der Waals surface area contributed by atoms with Crippen molar-refractivity contribution in [2.45, 2.75) is 26.0 Å². The zero-order valence-electron chi connectivity index (χ0n) is 21.5. The fourth-order valence-corrected chi connectivity index (χ4v) is 6.14. The van der Waals surface area contributed by atoms with Crippen LogP contribution in [0.3, 0.4) is 0 Å². The number of hydrogen-bond acceptors (Lipinski definition) is 6. The lowest BCUT2D eigenvalue weighted by atomic mass is 9.95. The molecule has 3 aromatic carbocycles. The summed E-state index contributed by atoms with van der Waals surface area (Å²) in [6, 6.07) is 17.9. The number of hydrogen-bond donors (Lipinski definition) is 0. The van der Waals surface area contributed by atoms with E-state index in [1.165, 1.54) is 35.1 Å². The van der Waals surface area contributed by atoms with E-state index in [2.05, 4.69) is 4.99 Å². The van der Waals surface area contributed by atoms with Crippen molar-refractivity contribution in [3.05, 3.63) is 130 Å². The summed E-state index contributed by atoms with van der Waals surface area (Å²) in [6.07, 6.45) is 2.17. The van der Waals surface area contributed by atoms with Crippen LogP contribution in [0.1, 0.15) is 36.1 Å². The quantitative estimate of drug-likeness (QED) is 0.252. The smallest absolute Gasteiger partial charge is 0.338 e. The monoisotopic (exact) mass is 596 g/mol. The molecule has 0 fully saturated rings. The highest BCUT2D eigenvalue weighted by Gasteiger charge is 2.33. The van der Waals surface area contributed by atoms with Crippen molar-refractivity contribution >= 4 is 46.6 Å². The lowest BCUT2D eigenvalue weighted by Gasteiger charge is -2.25. The van der Waals surface area contributed by atoms with Crippen LogP contribution in [0.5, 0.6) is 5.75 Å². The van der Waals surface area contributed by atoms with Crippen LogP contribution in [0, 0.1) is 5.82 Å². The third-order valence-corrected chi connectivity index (χ3v) is 7.92. The first-order valence-corrected chi connectivity index (χ1v) is 13.9. The Kier molecular flexibility index (Phi) is 8.21. The Balaban J connectivity index is 1.56. The van der Waals surface area contributed by atoms with Gasteiger partial charge < -0.3 is 9.47 Å². The van der Waals surface area contributed by atoms with Gasteiger partial charge in [0.05, 0.1) is 39.0 Å². The largest absolute Gasteiger partial charge is 0.486 e. The summed E-state index contributed by atoms with van der Waals surface area (Å²) in [7, 11) is 1.32. The molecule has 1 aliphatic heterocycles. The van der Waals surface area contributed by atoms with Crippen LogP contribution in [0.2, 0.25) is 10.0 Å². The molecule has 40 heavy (non-hydrogen) atoms. The maximum atomic E-state index is 13.8. The van der Waals surface area contributed by atoms with Gasteiger partial charge in [-0.1, -0.05) is 83.9 Å². The molecule has 204 valence electrons. The second-order valence-corrected chi connectivity index (χ2v) is 10.8. The molecule has 0 amide bonds. The van der Waals surface area contributed by atoms with Gasteiger partial charge in [-0.3, -0.25) is 9.36 Å². The van der Waals surface area contributed by atoms with E-state index in [0.29, 0.717) is 32.6 Å². The maximum Gasteiger partial charge on any atom is 0.338 e. The zero-order valence-corrected chi connectivity index (χ0v) is 23.8. The predicted octanol–water partition coefficient (Wildman–Crippen LogP) is 5.82. The van der Waals surface area contributed by atoms with Crippen molar-refractivity contribution in [2.24, 2.45) is 4.99 Å². The molecule has 0 bridgehead atoms. The van der Waals surface area contributed by atoms with Crippen LogP contribution in [-0.4, -0.2) is 17.6 Å². The SMILES string of the molecule is CCC1=C(C(=O)OC)[C@@H](c2ccccc2)n2c(s/c(=C\c3cc(Cl)c(OCc4ccc(F)cc4)c(Cl)c3)c2=O)=N1. The Morgan fingerprint density at radius 2 is 1.77 bits per heavy atom. The van der Waals surface area contributed by atoms with E-state index < -0.39 is 12.0 Å². The standard InChI is InChI=1S/C30H23Cl2FN2O4S/c1-3-23-25(29(37)38-2)26(19-7-5-4-6-8-19)35-28(36)24(40-30(35)34-23)15-18-13-21(31)27(22(32)14-18)39-16-17-9-11-20(33)12-10-17/h4-15,26H,3,16H2,1-2H3/b24-15-/t26-/m1/s1. The minimum atomic E-state index is -0.684. The molecular formula is C30H23Cl2FN2O4S. The fraction of sp³-hybridized carbons (Fsp3) is 0.167. The molecule has 0 saturated carbocycles. The van der Waals surface area contributed by atoms with Crippen molar-refractivity contribution in [1.82, 2.24) is 4.57 Å². The number of thiazole rings is 1. The van der Waals surface area contributed by atoms with Crippen molar-refractivity contribution < 1.29 is 18.7 Å². The highest BCUT2D eigenvalue weighted by Crippen LogP contribution is 2.35. The van der Waals surface area contributed by atoms with Crippen molar-refractivity contribution in [3.8, 4) is 5.75 Å². The molecule has 6 nitrogen and oxygen atoms in total. The third-order valence-electron chi connectivity index (χ3n) is 6.38. The molecule has 5 rings (SSSR count). The van der Waals surface area contributed by atoms with Crippen molar-refractivity contribution in [3.63, 3.8) is 0 Å². The van der Waals surface area contributed by atoms with Gasteiger partial charge >= 0.3 is 5.97 Å². The number of rotatable bonds is 7. The summed E-state index contributed by atoms with van der Waals surface area (Å²) in [5.41, 5.74) is 2.72. The van der Waals surface area contributed by atoms with Crippen LogP contribution < -0.4 is 19.6 Å².